The number of ether oxygens (including phenoxy) is 2. The van der Waals surface area contributed by atoms with Crippen LogP contribution in [-0.2, 0) is 30.3 Å². The topological polar surface area (TPSA) is 244 Å². The van der Waals surface area contributed by atoms with Crippen molar-refractivity contribution in [2.24, 2.45) is 5.92 Å². The Kier molecular flexibility index (Phi) is 10.8. The second kappa shape index (κ2) is 14.6. The van der Waals surface area contributed by atoms with Crippen molar-refractivity contribution in [1.29, 1.82) is 0 Å². The van der Waals surface area contributed by atoms with Gasteiger partial charge in [0.25, 0.3) is 0 Å². The molecule has 4 rings (SSSR count). The number of hydrogen-bond acceptors (Lipinski definition) is 13. The zero-order valence-electron chi connectivity index (χ0n) is 25.5. The Balaban J connectivity index is 1.82. The lowest BCUT2D eigenvalue weighted by molar-refractivity contribution is -0.284. The Hall–Kier alpha value is -5.41. The summed E-state index contributed by atoms with van der Waals surface area (Å²) in [4.78, 5) is 39.3. The summed E-state index contributed by atoms with van der Waals surface area (Å²) in [5, 5.41) is 85.8. The number of hydrogen-bond donors (Lipinski definition) is 9. The number of benzene rings is 3. The van der Waals surface area contributed by atoms with E-state index in [1.807, 2.05) is 0 Å². The molecule has 0 heterocycles. The molecule has 0 aromatic heterocycles. The number of aliphatic hydroxyl groups excluding tert-OH is 2. The zero-order valence-corrected chi connectivity index (χ0v) is 25.5. The lowest BCUT2D eigenvalue weighted by Gasteiger charge is -2.54. The van der Waals surface area contributed by atoms with E-state index in [9.17, 15) is 55.2 Å². The van der Waals surface area contributed by atoms with E-state index in [2.05, 4.69) is 5.32 Å². The molecule has 0 amide bonds. The first-order valence-electron chi connectivity index (χ1n) is 14.6. The smallest absolute Gasteiger partial charge is 0.336 e. The first-order chi connectivity index (χ1) is 22.7. The van der Waals surface area contributed by atoms with Crippen molar-refractivity contribution in [3.63, 3.8) is 0 Å². The normalized spacial score (nSPS) is 24.7. The summed E-state index contributed by atoms with van der Waals surface area (Å²) >= 11 is 0. The van der Waals surface area contributed by atoms with Crippen LogP contribution in [0.1, 0.15) is 23.1 Å². The van der Waals surface area contributed by atoms with Crippen LogP contribution in [0.4, 0.5) is 0 Å². The van der Waals surface area contributed by atoms with Gasteiger partial charge in [0.05, 0.1) is 0 Å². The van der Waals surface area contributed by atoms with Gasteiger partial charge in [0.1, 0.15) is 6.10 Å². The van der Waals surface area contributed by atoms with Gasteiger partial charge in [-0.1, -0.05) is 42.5 Å². The molecule has 48 heavy (non-hydrogen) atoms. The number of phenolic OH excluding ortho intramolecular Hbond substituents is 4. The third-order valence-electron chi connectivity index (χ3n) is 8.16. The minimum absolute atomic E-state index is 0.241. The number of carboxylic acids is 1. The molecule has 0 saturated heterocycles. The van der Waals surface area contributed by atoms with Crippen LogP contribution < -0.4 is 5.32 Å². The Morgan fingerprint density at radius 1 is 0.875 bits per heavy atom. The summed E-state index contributed by atoms with van der Waals surface area (Å²) in [7, 11) is 1.24. The van der Waals surface area contributed by atoms with Gasteiger partial charge in [0.2, 0.25) is 5.60 Å². The zero-order chi connectivity index (χ0) is 35.2. The van der Waals surface area contributed by atoms with Gasteiger partial charge < -0.3 is 50.3 Å². The van der Waals surface area contributed by atoms with Crippen LogP contribution in [0.25, 0.3) is 12.2 Å². The summed E-state index contributed by atoms with van der Waals surface area (Å²) in [5.41, 5.74) is -4.43. The van der Waals surface area contributed by atoms with Crippen molar-refractivity contribution >= 4 is 30.1 Å². The molecule has 3 aromatic carbocycles. The SMILES string of the molecule is CNC(O)C1(OC(=O)C=Cc2ccc(O)c(O)c2)C(O)CC(O)(C(=O)O)C(Cc2ccccc2)C1OC(=O)C=Cc1ccc(O)c(O)c1. The number of carboxylic acid groups (broad SMARTS) is 1. The van der Waals surface area contributed by atoms with Crippen LogP contribution in [0.15, 0.2) is 78.9 Å². The fraction of sp³-hybridized carbons (Fsp3) is 0.265. The minimum Gasteiger partial charge on any atom is -0.504 e. The van der Waals surface area contributed by atoms with E-state index < -0.39 is 82.9 Å². The average Bonchev–Trinajstić information content (AvgIpc) is 3.05. The highest BCUT2D eigenvalue weighted by molar-refractivity contribution is 5.89. The maximum absolute atomic E-state index is 13.3. The van der Waals surface area contributed by atoms with E-state index in [1.54, 1.807) is 30.3 Å². The molecule has 1 aliphatic rings. The molecule has 0 radical (unpaired) electrons. The van der Waals surface area contributed by atoms with E-state index in [-0.39, 0.29) is 17.5 Å². The summed E-state index contributed by atoms with van der Waals surface area (Å²) in [6, 6.07) is 15.5. The van der Waals surface area contributed by atoms with Crippen LogP contribution in [0.5, 0.6) is 23.0 Å². The lowest BCUT2D eigenvalue weighted by atomic mass is 9.62. The Morgan fingerprint density at radius 2 is 1.42 bits per heavy atom. The number of carbonyl (C=O) groups excluding carboxylic acids is 2. The van der Waals surface area contributed by atoms with Gasteiger partial charge >= 0.3 is 17.9 Å². The average molecular weight is 666 g/mol. The summed E-state index contributed by atoms with van der Waals surface area (Å²) in [5.74, 6) is -7.56. The first-order valence-corrected chi connectivity index (χ1v) is 14.6. The first kappa shape index (κ1) is 35.4. The van der Waals surface area contributed by atoms with Gasteiger partial charge in [0, 0.05) is 24.5 Å². The molecule has 1 fully saturated rings. The minimum atomic E-state index is -2.77. The van der Waals surface area contributed by atoms with Crippen molar-refractivity contribution in [2.45, 2.75) is 42.5 Å². The van der Waals surface area contributed by atoms with E-state index in [0.29, 0.717) is 5.56 Å². The number of carbonyl (C=O) groups is 3. The Labute approximate surface area is 274 Å². The molecule has 6 atom stereocenters. The summed E-state index contributed by atoms with van der Waals surface area (Å²) < 4.78 is 11.4. The largest absolute Gasteiger partial charge is 0.504 e. The van der Waals surface area contributed by atoms with Gasteiger partial charge in [-0.25, -0.2) is 14.4 Å². The Morgan fingerprint density at radius 3 is 1.92 bits per heavy atom. The van der Waals surface area contributed by atoms with Gasteiger partial charge in [0.15, 0.2) is 40.9 Å². The van der Waals surface area contributed by atoms with Gasteiger partial charge in [-0.05, 0) is 66.6 Å². The monoisotopic (exact) mass is 665 g/mol. The van der Waals surface area contributed by atoms with Crippen molar-refractivity contribution < 1.29 is 64.7 Å². The van der Waals surface area contributed by atoms with E-state index in [4.69, 9.17) is 9.47 Å². The second-order valence-electron chi connectivity index (χ2n) is 11.2. The van der Waals surface area contributed by atoms with Crippen molar-refractivity contribution in [1.82, 2.24) is 5.32 Å². The number of nitrogens with one attached hydrogen (secondary N) is 1. The highest BCUT2D eigenvalue weighted by Gasteiger charge is 2.69. The molecule has 14 nitrogen and oxygen atoms in total. The van der Waals surface area contributed by atoms with E-state index >= 15 is 0 Å². The van der Waals surface area contributed by atoms with Crippen molar-refractivity contribution in [3.8, 4) is 23.0 Å². The number of phenols is 4. The molecule has 0 spiro atoms. The number of esters is 2. The molecule has 14 heteroatoms. The predicted molar refractivity (Wildman–Crippen MR) is 168 cm³/mol. The van der Waals surface area contributed by atoms with Crippen LogP contribution in [-0.4, -0.2) is 95.4 Å². The molecule has 1 aliphatic carbocycles. The summed E-state index contributed by atoms with van der Waals surface area (Å²) in [6.45, 7) is 0. The summed E-state index contributed by atoms with van der Waals surface area (Å²) in [6.07, 6.45) is -3.30. The maximum Gasteiger partial charge on any atom is 0.336 e. The molecule has 1 saturated carbocycles. The third-order valence-corrected chi connectivity index (χ3v) is 8.16. The highest BCUT2D eigenvalue weighted by Crippen LogP contribution is 2.47. The van der Waals surface area contributed by atoms with E-state index in [1.165, 1.54) is 43.5 Å². The van der Waals surface area contributed by atoms with Crippen LogP contribution in [0.2, 0.25) is 0 Å². The highest BCUT2D eigenvalue weighted by atomic mass is 16.6. The number of aliphatic hydroxyl groups is 3. The molecule has 9 N–H and O–H groups in total. The van der Waals surface area contributed by atoms with Gasteiger partial charge in [-0.2, -0.15) is 0 Å². The fourth-order valence-electron chi connectivity index (χ4n) is 5.66. The van der Waals surface area contributed by atoms with Crippen molar-refractivity contribution in [3.05, 3.63) is 95.6 Å². The van der Waals surface area contributed by atoms with E-state index in [0.717, 1.165) is 24.3 Å². The van der Waals surface area contributed by atoms with Crippen LogP contribution in [0.3, 0.4) is 0 Å². The lowest BCUT2D eigenvalue weighted by Crippen LogP contribution is -2.76. The second-order valence-corrected chi connectivity index (χ2v) is 11.2. The molecule has 0 aliphatic heterocycles. The molecular weight excluding hydrogens is 630 g/mol. The van der Waals surface area contributed by atoms with Gasteiger partial charge in [-0.3, -0.25) is 5.32 Å². The number of aromatic hydroxyl groups is 4. The molecular formula is C34H35NO13. The standard InChI is InChI=1S/C34H35NO13/c1-35-31(43)34(48-29(42)14-10-21-8-12-24(37)26(39)17-21)27(40)18-33(46,32(44)45)22(15-19-5-3-2-4-6-19)30(34)47-28(41)13-9-20-7-11-23(36)25(38)16-20/h2-14,16-17,22,27,30-31,35-40,43,46H,15,18H2,1H3,(H,44,45). The molecule has 3 aromatic rings. The molecule has 254 valence electrons. The number of likely N-dealkylation sites (N-methyl/N-ethyl adjacent to an activating group) is 1. The Bertz CT molecular complexity index is 1710. The third kappa shape index (κ3) is 7.42. The number of aliphatic carboxylic acids is 1. The molecule has 0 bridgehead atoms. The molecule has 6 unspecified atom stereocenters. The predicted octanol–water partition coefficient (Wildman–Crippen LogP) is 1.41. The van der Waals surface area contributed by atoms with Crippen molar-refractivity contribution in [2.75, 3.05) is 7.05 Å². The fourth-order valence-corrected chi connectivity index (χ4v) is 5.66. The quantitative estimate of drug-likeness (QED) is 0.0609. The van der Waals surface area contributed by atoms with Crippen LogP contribution in [0, 0.1) is 5.92 Å². The van der Waals surface area contributed by atoms with Crippen LogP contribution >= 0.6 is 0 Å². The maximum atomic E-state index is 13.3. The number of rotatable bonds is 11. The van der Waals surface area contributed by atoms with Gasteiger partial charge in [-0.15, -0.1) is 0 Å².